The normalized spacial score (nSPS) is 22.0. The van der Waals surface area contributed by atoms with Gasteiger partial charge in [-0.05, 0) is 51.5 Å². The number of nitrogens with zero attached hydrogens (tertiary/aromatic N) is 2. The smallest absolute Gasteiger partial charge is 0.326 e. The second kappa shape index (κ2) is 11.3. The van der Waals surface area contributed by atoms with E-state index in [0.717, 1.165) is 11.1 Å². The van der Waals surface area contributed by atoms with Crippen LogP contribution in [0.5, 0.6) is 5.75 Å². The van der Waals surface area contributed by atoms with Crippen molar-refractivity contribution in [2.75, 3.05) is 7.11 Å². The van der Waals surface area contributed by atoms with E-state index < -0.39 is 18.1 Å². The first kappa shape index (κ1) is 26.8. The van der Waals surface area contributed by atoms with Crippen LogP contribution < -0.4 is 10.1 Å². The number of hydrogen-bond donors (Lipinski definition) is 2. The van der Waals surface area contributed by atoms with E-state index in [1.807, 2.05) is 77.1 Å². The predicted octanol–water partition coefficient (Wildman–Crippen LogP) is 5.19. The largest absolute Gasteiger partial charge is 0.496 e. The molecule has 7 nitrogen and oxygen atoms in total. The lowest BCUT2D eigenvalue weighted by atomic mass is 9.92. The van der Waals surface area contributed by atoms with Crippen molar-refractivity contribution in [1.29, 1.82) is 0 Å². The van der Waals surface area contributed by atoms with Crippen LogP contribution in [0.25, 0.3) is 0 Å². The fourth-order valence-electron chi connectivity index (χ4n) is 5.27. The number of halogens is 1. The molecule has 2 amide bonds. The molecule has 4 atom stereocenters. The Hall–Kier alpha value is -2.77. The zero-order valence-corrected chi connectivity index (χ0v) is 22.0. The van der Waals surface area contributed by atoms with Crippen LogP contribution in [-0.2, 0) is 11.3 Å². The Morgan fingerprint density at radius 3 is 2.29 bits per heavy atom. The maximum Gasteiger partial charge on any atom is 0.326 e. The van der Waals surface area contributed by atoms with Crippen LogP contribution in [0.2, 0.25) is 5.02 Å². The van der Waals surface area contributed by atoms with Gasteiger partial charge in [0, 0.05) is 41.2 Å². The molecule has 0 bridgehead atoms. The lowest BCUT2D eigenvalue weighted by Gasteiger charge is -2.39. The molecule has 1 aliphatic rings. The van der Waals surface area contributed by atoms with Crippen LogP contribution in [0.15, 0.2) is 48.5 Å². The van der Waals surface area contributed by atoms with Gasteiger partial charge in [0.2, 0.25) is 0 Å². The van der Waals surface area contributed by atoms with Gasteiger partial charge in [0.25, 0.3) is 0 Å². The molecule has 2 aromatic carbocycles. The van der Waals surface area contributed by atoms with Crippen molar-refractivity contribution in [2.45, 2.75) is 71.4 Å². The van der Waals surface area contributed by atoms with Crippen LogP contribution in [0.1, 0.15) is 51.8 Å². The molecule has 0 unspecified atom stereocenters. The van der Waals surface area contributed by atoms with Crippen molar-refractivity contribution in [3.63, 3.8) is 0 Å². The topological polar surface area (TPSA) is 82.1 Å². The highest BCUT2D eigenvalue weighted by Gasteiger charge is 2.53. The fourth-order valence-corrected chi connectivity index (χ4v) is 5.46. The first-order valence-corrected chi connectivity index (χ1v) is 12.4. The van der Waals surface area contributed by atoms with Gasteiger partial charge < -0.3 is 25.0 Å². The Balaban J connectivity index is 2.06. The number of benzene rings is 2. The van der Waals surface area contributed by atoms with Gasteiger partial charge >= 0.3 is 12.0 Å². The molecule has 0 radical (unpaired) electrons. The first-order valence-electron chi connectivity index (χ1n) is 12.0. The number of aliphatic carboxylic acids is 1. The quantitative estimate of drug-likeness (QED) is 0.520. The van der Waals surface area contributed by atoms with Crippen LogP contribution in [-0.4, -0.2) is 58.2 Å². The summed E-state index contributed by atoms with van der Waals surface area (Å²) in [6.07, 6.45) is 0. The highest BCUT2D eigenvalue weighted by molar-refractivity contribution is 6.30. The molecule has 0 saturated carbocycles. The van der Waals surface area contributed by atoms with Crippen molar-refractivity contribution in [3.8, 4) is 5.75 Å². The van der Waals surface area contributed by atoms with Gasteiger partial charge in [-0.25, -0.2) is 9.59 Å². The second-order valence-electron chi connectivity index (χ2n) is 9.65. The minimum Gasteiger partial charge on any atom is -0.496 e. The van der Waals surface area contributed by atoms with Crippen LogP contribution in [0.4, 0.5) is 4.79 Å². The molecule has 3 rings (SSSR count). The van der Waals surface area contributed by atoms with Gasteiger partial charge in [-0.2, -0.15) is 0 Å². The molecule has 0 aromatic heterocycles. The molecule has 0 spiro atoms. The van der Waals surface area contributed by atoms with Crippen LogP contribution in [0.3, 0.4) is 0 Å². The molecule has 1 heterocycles. The summed E-state index contributed by atoms with van der Waals surface area (Å²) in [5.74, 6) is -0.672. The summed E-state index contributed by atoms with van der Waals surface area (Å²) in [5.41, 5.74) is 1.75. The van der Waals surface area contributed by atoms with E-state index >= 15 is 0 Å². The van der Waals surface area contributed by atoms with Gasteiger partial charge in [0.15, 0.2) is 0 Å². The number of hydrogen-bond acceptors (Lipinski definition) is 4. The summed E-state index contributed by atoms with van der Waals surface area (Å²) in [6, 6.07) is 12.9. The molecular formula is C27H36ClN3O4. The van der Waals surface area contributed by atoms with Gasteiger partial charge in [0.05, 0.1) is 13.2 Å². The summed E-state index contributed by atoms with van der Waals surface area (Å²) >= 11 is 6.23. The van der Waals surface area contributed by atoms with Gasteiger partial charge in [-0.3, -0.25) is 0 Å². The number of likely N-dealkylation sites (tertiary alicyclic amines) is 1. The average Bonchev–Trinajstić information content (AvgIpc) is 3.10. The van der Waals surface area contributed by atoms with E-state index in [9.17, 15) is 14.7 Å². The minimum atomic E-state index is -1.01. The summed E-state index contributed by atoms with van der Waals surface area (Å²) in [4.78, 5) is 29.8. The van der Waals surface area contributed by atoms with Crippen molar-refractivity contribution >= 4 is 23.6 Å². The van der Waals surface area contributed by atoms with E-state index in [1.54, 1.807) is 23.0 Å². The summed E-state index contributed by atoms with van der Waals surface area (Å²) in [5, 5.41) is 14.4. The molecule has 0 aliphatic carbocycles. The zero-order valence-electron chi connectivity index (χ0n) is 21.2. The molecule has 1 aliphatic heterocycles. The number of carbonyl (C=O) groups excluding carboxylic acids is 1. The Kier molecular flexibility index (Phi) is 8.67. The Labute approximate surface area is 213 Å². The lowest BCUT2D eigenvalue weighted by Crippen LogP contribution is -2.54. The number of carboxylic acid groups (broad SMARTS) is 1. The molecule has 2 N–H and O–H groups in total. The van der Waals surface area contributed by atoms with Crippen molar-refractivity contribution in [1.82, 2.24) is 15.1 Å². The van der Waals surface area contributed by atoms with Crippen molar-refractivity contribution in [3.05, 3.63) is 64.7 Å². The number of rotatable bonds is 8. The fraction of sp³-hybridized carbons (Fsp3) is 0.481. The SMILES string of the molecule is COc1ccc(Cl)cc1CN[C@@H]1[C@@H](C)[C@H](C(=O)O)N(C(=O)N(C(C)C)C(C)C)[C@@H]1c1ccccc1. The molecule has 35 heavy (non-hydrogen) atoms. The molecule has 2 aromatic rings. The van der Waals surface area contributed by atoms with E-state index in [-0.39, 0.29) is 30.1 Å². The van der Waals surface area contributed by atoms with E-state index in [4.69, 9.17) is 16.3 Å². The zero-order chi connectivity index (χ0) is 25.9. The summed E-state index contributed by atoms with van der Waals surface area (Å²) in [6.45, 7) is 10.1. The Morgan fingerprint density at radius 1 is 1.11 bits per heavy atom. The summed E-state index contributed by atoms with van der Waals surface area (Å²) < 4.78 is 5.49. The summed E-state index contributed by atoms with van der Waals surface area (Å²) in [7, 11) is 1.60. The van der Waals surface area contributed by atoms with Crippen LogP contribution >= 0.6 is 11.6 Å². The molecular weight excluding hydrogens is 466 g/mol. The predicted molar refractivity (Wildman–Crippen MR) is 138 cm³/mol. The molecule has 1 saturated heterocycles. The van der Waals surface area contributed by atoms with Crippen LogP contribution in [0, 0.1) is 5.92 Å². The number of amides is 2. The number of carbonyl (C=O) groups is 2. The number of methoxy groups -OCH3 is 1. The number of carboxylic acids is 1. The number of ether oxygens (including phenoxy) is 1. The molecule has 1 fully saturated rings. The third-order valence-corrected chi connectivity index (χ3v) is 6.96. The molecule has 190 valence electrons. The maximum atomic E-state index is 14.0. The Morgan fingerprint density at radius 2 is 1.74 bits per heavy atom. The van der Waals surface area contributed by atoms with Gasteiger partial charge in [-0.1, -0.05) is 48.9 Å². The van der Waals surface area contributed by atoms with Gasteiger partial charge in [0.1, 0.15) is 11.8 Å². The first-order chi connectivity index (χ1) is 16.6. The maximum absolute atomic E-state index is 14.0. The minimum absolute atomic E-state index is 0.0774. The second-order valence-corrected chi connectivity index (χ2v) is 10.1. The highest BCUT2D eigenvalue weighted by Crippen LogP contribution is 2.42. The molecule has 8 heteroatoms. The number of nitrogens with one attached hydrogen (secondary N) is 1. The van der Waals surface area contributed by atoms with Crippen molar-refractivity contribution < 1.29 is 19.4 Å². The standard InChI is InChI=1S/C27H36ClN3O4/c1-16(2)30(17(3)4)27(34)31-24(26(32)33)18(5)23(25(31)19-10-8-7-9-11-19)29-15-20-14-21(28)12-13-22(20)35-6/h7-14,16-18,23-25,29H,15H2,1-6H3,(H,32,33)/t18-,23-,24-,25-/m1/s1. The third-order valence-electron chi connectivity index (χ3n) is 6.72. The van der Waals surface area contributed by atoms with Crippen molar-refractivity contribution in [2.24, 2.45) is 5.92 Å². The van der Waals surface area contributed by atoms with E-state index in [2.05, 4.69) is 5.32 Å². The Bertz CT molecular complexity index is 1020. The monoisotopic (exact) mass is 501 g/mol. The highest BCUT2D eigenvalue weighted by atomic mass is 35.5. The van der Waals surface area contributed by atoms with Gasteiger partial charge in [-0.15, -0.1) is 0 Å². The van der Waals surface area contributed by atoms with E-state index in [0.29, 0.717) is 17.3 Å². The third kappa shape index (κ3) is 5.57. The number of urea groups is 1. The van der Waals surface area contributed by atoms with E-state index in [1.165, 1.54) is 0 Å². The average molecular weight is 502 g/mol. The lowest BCUT2D eigenvalue weighted by molar-refractivity contribution is -0.143.